The van der Waals surface area contributed by atoms with Crippen molar-refractivity contribution >= 4 is 23.2 Å². The topological polar surface area (TPSA) is 56.5 Å². The minimum atomic E-state index is -0.506. The fourth-order valence-electron chi connectivity index (χ4n) is 1.38. The number of rotatable bonds is 1. The average Bonchev–Trinajstić information content (AvgIpc) is 2.60. The number of fused-ring (bicyclic) bond motifs is 1. The largest absolute Gasteiger partial charge is 0.464 e. The second-order valence-electron chi connectivity index (χ2n) is 2.96. The number of carbonyl (C=O) groups excluding carboxylic acids is 1. The summed E-state index contributed by atoms with van der Waals surface area (Å²) in [7, 11) is 1.30. The highest BCUT2D eigenvalue weighted by atomic mass is 35.5. The molecule has 0 bridgehead atoms. The molecule has 2 aromatic heterocycles. The molecule has 0 saturated heterocycles. The highest BCUT2D eigenvalue weighted by molar-refractivity contribution is 6.33. The van der Waals surface area contributed by atoms with Crippen molar-refractivity contribution in [3.05, 3.63) is 28.7 Å². The van der Waals surface area contributed by atoms with Crippen LogP contribution in [0.15, 0.2) is 12.1 Å². The zero-order valence-electron chi connectivity index (χ0n) is 8.19. The number of nitrogens with zero attached hydrogens (tertiary/aromatic N) is 3. The summed E-state index contributed by atoms with van der Waals surface area (Å²) in [5.74, 6) is 0.0846. The number of pyridine rings is 1. The van der Waals surface area contributed by atoms with Gasteiger partial charge in [0, 0.05) is 0 Å². The summed E-state index contributed by atoms with van der Waals surface area (Å²) in [5.41, 5.74) is 0.816. The molecule has 0 fully saturated rings. The third-order valence-electron chi connectivity index (χ3n) is 2.06. The molecule has 0 radical (unpaired) electrons. The van der Waals surface area contributed by atoms with E-state index in [2.05, 4.69) is 14.9 Å². The summed E-state index contributed by atoms with van der Waals surface area (Å²) in [6.07, 6.45) is 0. The molecule has 0 saturated carbocycles. The third kappa shape index (κ3) is 1.45. The van der Waals surface area contributed by atoms with E-state index < -0.39 is 5.97 Å². The number of halogens is 1. The summed E-state index contributed by atoms with van der Waals surface area (Å²) >= 11 is 5.93. The average molecular weight is 226 g/mol. The lowest BCUT2D eigenvalue weighted by molar-refractivity contribution is 0.0592. The Morgan fingerprint density at radius 2 is 2.20 bits per heavy atom. The van der Waals surface area contributed by atoms with E-state index in [1.165, 1.54) is 7.11 Å². The fourth-order valence-corrected chi connectivity index (χ4v) is 1.61. The predicted molar refractivity (Wildman–Crippen MR) is 54.1 cm³/mol. The molecule has 0 N–H and O–H groups in total. The Morgan fingerprint density at radius 3 is 2.87 bits per heavy atom. The van der Waals surface area contributed by atoms with Crippen molar-refractivity contribution in [2.45, 2.75) is 6.92 Å². The van der Waals surface area contributed by atoms with Crippen LogP contribution in [0.3, 0.4) is 0 Å². The smallest absolute Gasteiger partial charge is 0.356 e. The molecule has 0 aliphatic rings. The zero-order chi connectivity index (χ0) is 11.0. The van der Waals surface area contributed by atoms with Gasteiger partial charge in [0.05, 0.1) is 12.1 Å². The minimum Gasteiger partial charge on any atom is -0.464 e. The molecule has 15 heavy (non-hydrogen) atoms. The van der Waals surface area contributed by atoms with Crippen molar-refractivity contribution in [2.24, 2.45) is 0 Å². The first-order chi connectivity index (χ1) is 7.15. The molecule has 5 nitrogen and oxygen atoms in total. The number of methoxy groups -OCH3 is 1. The molecular formula is C9H8ClN3O2. The van der Waals surface area contributed by atoms with Crippen LogP contribution < -0.4 is 0 Å². The summed E-state index contributed by atoms with van der Waals surface area (Å²) in [6, 6.07) is 3.28. The maximum absolute atomic E-state index is 11.5. The summed E-state index contributed by atoms with van der Waals surface area (Å²) in [4.78, 5) is 11.5. The fraction of sp³-hybridized carbons (Fsp3) is 0.222. The number of esters is 1. The second-order valence-corrected chi connectivity index (χ2v) is 3.37. The number of ether oxygens (including phenoxy) is 1. The molecule has 0 amide bonds. The number of hydrogen-bond donors (Lipinski definition) is 0. The Balaban J connectivity index is 2.84. The summed E-state index contributed by atoms with van der Waals surface area (Å²) < 4.78 is 6.21. The van der Waals surface area contributed by atoms with E-state index in [1.54, 1.807) is 23.5 Å². The highest BCUT2D eigenvalue weighted by Crippen LogP contribution is 2.19. The zero-order valence-corrected chi connectivity index (χ0v) is 8.95. The van der Waals surface area contributed by atoms with Crippen LogP contribution in [-0.2, 0) is 4.74 Å². The van der Waals surface area contributed by atoms with Gasteiger partial charge in [-0.3, -0.25) is 4.40 Å². The van der Waals surface area contributed by atoms with Gasteiger partial charge >= 0.3 is 5.97 Å². The lowest BCUT2D eigenvalue weighted by Gasteiger charge is -2.05. The highest BCUT2D eigenvalue weighted by Gasteiger charge is 2.17. The minimum absolute atomic E-state index is 0.249. The van der Waals surface area contributed by atoms with Crippen LogP contribution in [0.25, 0.3) is 5.65 Å². The van der Waals surface area contributed by atoms with Crippen LogP contribution in [0.4, 0.5) is 0 Å². The molecule has 0 aliphatic heterocycles. The SMILES string of the molecule is COC(=O)c1c(Cl)ccc2nnc(C)n12. The standard InChI is InChI=1S/C9H8ClN3O2/c1-5-11-12-7-4-3-6(10)8(13(5)7)9(14)15-2/h3-4H,1-2H3. The van der Waals surface area contributed by atoms with Crippen molar-refractivity contribution in [3.63, 3.8) is 0 Å². The Morgan fingerprint density at radius 1 is 1.47 bits per heavy atom. The molecule has 0 unspecified atom stereocenters. The molecule has 0 atom stereocenters. The van der Waals surface area contributed by atoms with E-state index in [9.17, 15) is 4.79 Å². The van der Waals surface area contributed by atoms with Gasteiger partial charge in [-0.1, -0.05) is 11.6 Å². The van der Waals surface area contributed by atoms with Gasteiger partial charge in [0.15, 0.2) is 11.3 Å². The van der Waals surface area contributed by atoms with E-state index in [0.29, 0.717) is 16.5 Å². The maximum atomic E-state index is 11.5. The lowest BCUT2D eigenvalue weighted by Crippen LogP contribution is -2.10. The first kappa shape index (κ1) is 9.92. The maximum Gasteiger partial charge on any atom is 0.356 e. The van der Waals surface area contributed by atoms with Gasteiger partial charge in [-0.05, 0) is 19.1 Å². The normalized spacial score (nSPS) is 10.6. The molecule has 0 spiro atoms. The van der Waals surface area contributed by atoms with Gasteiger partial charge in [0.25, 0.3) is 0 Å². The van der Waals surface area contributed by atoms with Crippen LogP contribution in [0.1, 0.15) is 16.3 Å². The van der Waals surface area contributed by atoms with Crippen LogP contribution in [0.2, 0.25) is 5.02 Å². The Kier molecular flexibility index (Phi) is 2.32. The number of aryl methyl sites for hydroxylation is 1. The number of carbonyl (C=O) groups is 1. The van der Waals surface area contributed by atoms with Gasteiger partial charge in [0.1, 0.15) is 5.82 Å². The molecular weight excluding hydrogens is 218 g/mol. The van der Waals surface area contributed by atoms with Crippen molar-refractivity contribution in [3.8, 4) is 0 Å². The second kappa shape index (κ2) is 3.51. The first-order valence-corrected chi connectivity index (χ1v) is 4.61. The molecule has 2 heterocycles. The molecule has 78 valence electrons. The van der Waals surface area contributed by atoms with Gasteiger partial charge in [-0.25, -0.2) is 4.79 Å². The number of hydrogen-bond acceptors (Lipinski definition) is 4. The van der Waals surface area contributed by atoms with Crippen LogP contribution in [0, 0.1) is 6.92 Å². The molecule has 0 aromatic carbocycles. The predicted octanol–water partition coefficient (Wildman–Crippen LogP) is 1.48. The molecule has 0 aliphatic carbocycles. The van der Waals surface area contributed by atoms with Gasteiger partial charge in [0.2, 0.25) is 0 Å². The van der Waals surface area contributed by atoms with E-state index in [-0.39, 0.29) is 5.69 Å². The van der Waals surface area contributed by atoms with Crippen molar-refractivity contribution in [2.75, 3.05) is 7.11 Å². The Hall–Kier alpha value is -1.62. The van der Waals surface area contributed by atoms with Crippen molar-refractivity contribution in [1.82, 2.24) is 14.6 Å². The third-order valence-corrected chi connectivity index (χ3v) is 2.36. The van der Waals surface area contributed by atoms with Gasteiger partial charge in [-0.2, -0.15) is 0 Å². The van der Waals surface area contributed by atoms with E-state index >= 15 is 0 Å². The quantitative estimate of drug-likeness (QED) is 0.690. The van der Waals surface area contributed by atoms with Crippen LogP contribution >= 0.6 is 11.6 Å². The molecule has 6 heteroatoms. The summed E-state index contributed by atoms with van der Waals surface area (Å²) in [5, 5.41) is 8.06. The first-order valence-electron chi connectivity index (χ1n) is 4.23. The van der Waals surface area contributed by atoms with E-state index in [4.69, 9.17) is 11.6 Å². The van der Waals surface area contributed by atoms with Crippen LogP contribution in [0.5, 0.6) is 0 Å². The van der Waals surface area contributed by atoms with Gasteiger partial charge < -0.3 is 4.74 Å². The monoisotopic (exact) mass is 225 g/mol. The van der Waals surface area contributed by atoms with Crippen LogP contribution in [-0.4, -0.2) is 27.7 Å². The Labute approximate surface area is 90.6 Å². The van der Waals surface area contributed by atoms with Crippen molar-refractivity contribution in [1.29, 1.82) is 0 Å². The number of aromatic nitrogens is 3. The molecule has 2 rings (SSSR count). The lowest BCUT2D eigenvalue weighted by atomic mass is 10.3. The Bertz CT molecular complexity index is 535. The van der Waals surface area contributed by atoms with E-state index in [0.717, 1.165) is 0 Å². The van der Waals surface area contributed by atoms with E-state index in [1.807, 2.05) is 0 Å². The van der Waals surface area contributed by atoms with Crippen molar-refractivity contribution < 1.29 is 9.53 Å². The molecule has 2 aromatic rings. The van der Waals surface area contributed by atoms with Gasteiger partial charge in [-0.15, -0.1) is 10.2 Å². The summed E-state index contributed by atoms with van der Waals surface area (Å²) in [6.45, 7) is 1.74.